The van der Waals surface area contributed by atoms with Crippen LogP contribution in [0.3, 0.4) is 0 Å². The van der Waals surface area contributed by atoms with Crippen molar-refractivity contribution in [3.05, 3.63) is 33.8 Å². The Kier molecular flexibility index (Phi) is 3.11. The van der Waals surface area contributed by atoms with Crippen LogP contribution in [-0.2, 0) is 10.4 Å². The number of halogens is 1. The maximum Gasteiger partial charge on any atom is 0.110 e. The zero-order valence-electron chi connectivity index (χ0n) is 8.10. The molecule has 0 radical (unpaired) electrons. The number of hydrogen-bond donors (Lipinski definition) is 1. The largest absolute Gasteiger partial charge is 0.294 e. The van der Waals surface area contributed by atoms with Crippen LogP contribution in [0.1, 0.15) is 25.0 Å². The maximum atomic E-state index is 5.22. The van der Waals surface area contributed by atoms with E-state index in [0.717, 1.165) is 10.0 Å². The molecule has 1 aromatic carbocycles. The topological polar surface area (TPSA) is 35.2 Å². The minimum Gasteiger partial charge on any atom is -0.294 e. The van der Waals surface area contributed by atoms with Gasteiger partial charge >= 0.3 is 0 Å². The standard InChI is InChI=1S/C10H14BrNO/c1-7-4-5-8(9(11)6-7)10(2,3)13-12/h4-6H,12H2,1-3H3. The summed E-state index contributed by atoms with van der Waals surface area (Å²) in [5, 5.41) is 0. The first-order valence-corrected chi connectivity index (χ1v) is 4.91. The highest BCUT2D eigenvalue weighted by Gasteiger charge is 2.22. The average Bonchev–Trinajstić information content (AvgIpc) is 2.03. The lowest BCUT2D eigenvalue weighted by atomic mass is 9.97. The van der Waals surface area contributed by atoms with E-state index >= 15 is 0 Å². The van der Waals surface area contributed by atoms with Crippen molar-refractivity contribution >= 4 is 15.9 Å². The molecule has 0 amide bonds. The molecule has 0 saturated heterocycles. The fraction of sp³-hybridized carbons (Fsp3) is 0.400. The van der Waals surface area contributed by atoms with Gasteiger partial charge in [-0.05, 0) is 38.0 Å². The summed E-state index contributed by atoms with van der Waals surface area (Å²) in [5.41, 5.74) is 1.82. The van der Waals surface area contributed by atoms with Crippen molar-refractivity contribution < 1.29 is 4.84 Å². The molecule has 2 N–H and O–H groups in total. The second-order valence-corrected chi connectivity index (χ2v) is 4.47. The van der Waals surface area contributed by atoms with Gasteiger partial charge < -0.3 is 0 Å². The summed E-state index contributed by atoms with van der Waals surface area (Å²) in [6.07, 6.45) is 0. The number of nitrogens with two attached hydrogens (primary N) is 1. The van der Waals surface area contributed by atoms with Gasteiger partial charge in [-0.1, -0.05) is 28.1 Å². The van der Waals surface area contributed by atoms with Gasteiger partial charge in [0, 0.05) is 4.47 Å². The monoisotopic (exact) mass is 243 g/mol. The summed E-state index contributed by atoms with van der Waals surface area (Å²) in [6, 6.07) is 6.11. The number of hydrogen-bond acceptors (Lipinski definition) is 2. The van der Waals surface area contributed by atoms with Crippen molar-refractivity contribution in [3.63, 3.8) is 0 Å². The first kappa shape index (κ1) is 10.7. The molecule has 0 aliphatic rings. The lowest BCUT2D eigenvalue weighted by Gasteiger charge is -2.23. The number of aryl methyl sites for hydroxylation is 1. The molecule has 3 heteroatoms. The summed E-state index contributed by atoms with van der Waals surface area (Å²) in [6.45, 7) is 5.91. The normalized spacial score (nSPS) is 11.8. The number of rotatable bonds is 2. The Bertz CT molecular complexity index is 310. The summed E-state index contributed by atoms with van der Waals surface area (Å²) in [5.74, 6) is 5.22. The summed E-state index contributed by atoms with van der Waals surface area (Å²) in [7, 11) is 0. The smallest absolute Gasteiger partial charge is 0.110 e. The highest BCUT2D eigenvalue weighted by molar-refractivity contribution is 9.10. The van der Waals surface area contributed by atoms with Gasteiger partial charge in [-0.25, -0.2) is 5.90 Å². The van der Waals surface area contributed by atoms with Crippen molar-refractivity contribution in [2.45, 2.75) is 26.4 Å². The molecule has 0 aliphatic heterocycles. The molecule has 72 valence electrons. The van der Waals surface area contributed by atoms with Crippen LogP contribution in [0.4, 0.5) is 0 Å². The van der Waals surface area contributed by atoms with Gasteiger partial charge in [0.05, 0.1) is 0 Å². The van der Waals surface area contributed by atoms with Gasteiger partial charge in [0.15, 0.2) is 0 Å². The molecule has 0 fully saturated rings. The van der Waals surface area contributed by atoms with Gasteiger partial charge in [-0.2, -0.15) is 0 Å². The van der Waals surface area contributed by atoms with Crippen molar-refractivity contribution in [1.82, 2.24) is 0 Å². The van der Waals surface area contributed by atoms with E-state index < -0.39 is 5.60 Å². The second kappa shape index (κ2) is 3.78. The van der Waals surface area contributed by atoms with Crippen molar-refractivity contribution in [2.24, 2.45) is 5.90 Å². The summed E-state index contributed by atoms with van der Waals surface area (Å²) >= 11 is 3.49. The Balaban J connectivity index is 3.16. The molecule has 0 unspecified atom stereocenters. The van der Waals surface area contributed by atoms with Gasteiger partial charge in [-0.3, -0.25) is 4.84 Å². The SMILES string of the molecule is Cc1ccc(C(C)(C)ON)c(Br)c1. The van der Waals surface area contributed by atoms with Crippen LogP contribution < -0.4 is 5.90 Å². The highest BCUT2D eigenvalue weighted by Crippen LogP contribution is 2.30. The third-order valence-electron chi connectivity index (χ3n) is 2.07. The molecule has 0 aliphatic carbocycles. The lowest BCUT2D eigenvalue weighted by Crippen LogP contribution is -2.25. The molecule has 1 rings (SSSR count). The van der Waals surface area contributed by atoms with Gasteiger partial charge in [0.25, 0.3) is 0 Å². The molecule has 0 aromatic heterocycles. The third kappa shape index (κ3) is 2.30. The Morgan fingerprint density at radius 2 is 2.00 bits per heavy atom. The Hall–Kier alpha value is -0.380. The minimum absolute atomic E-state index is 0.452. The Morgan fingerprint density at radius 1 is 1.38 bits per heavy atom. The van der Waals surface area contributed by atoms with Gasteiger partial charge in [-0.15, -0.1) is 0 Å². The van der Waals surface area contributed by atoms with Crippen molar-refractivity contribution in [3.8, 4) is 0 Å². The minimum atomic E-state index is -0.452. The van der Waals surface area contributed by atoms with Crippen LogP contribution >= 0.6 is 15.9 Å². The highest BCUT2D eigenvalue weighted by atomic mass is 79.9. The van der Waals surface area contributed by atoms with Crippen LogP contribution in [-0.4, -0.2) is 0 Å². The molecular formula is C10H14BrNO. The quantitative estimate of drug-likeness (QED) is 0.812. The molecular weight excluding hydrogens is 230 g/mol. The molecule has 0 bridgehead atoms. The Morgan fingerprint density at radius 3 is 2.46 bits per heavy atom. The van der Waals surface area contributed by atoms with Crippen LogP contribution in [0.25, 0.3) is 0 Å². The number of benzene rings is 1. The molecule has 0 spiro atoms. The van der Waals surface area contributed by atoms with E-state index in [2.05, 4.69) is 22.0 Å². The first-order valence-electron chi connectivity index (χ1n) is 4.12. The van der Waals surface area contributed by atoms with Crippen LogP contribution in [0.5, 0.6) is 0 Å². The zero-order chi connectivity index (χ0) is 10.1. The van der Waals surface area contributed by atoms with Crippen molar-refractivity contribution in [2.75, 3.05) is 0 Å². The summed E-state index contributed by atoms with van der Waals surface area (Å²) < 4.78 is 1.03. The van der Waals surface area contributed by atoms with Crippen LogP contribution in [0.15, 0.2) is 22.7 Å². The fourth-order valence-electron chi connectivity index (χ4n) is 1.17. The molecule has 2 nitrogen and oxygen atoms in total. The third-order valence-corrected chi connectivity index (χ3v) is 2.72. The molecule has 13 heavy (non-hydrogen) atoms. The summed E-state index contributed by atoms with van der Waals surface area (Å²) in [4.78, 5) is 4.91. The van der Waals surface area contributed by atoms with Gasteiger partial charge in [0.1, 0.15) is 5.60 Å². The second-order valence-electron chi connectivity index (χ2n) is 3.61. The van der Waals surface area contributed by atoms with E-state index in [4.69, 9.17) is 10.7 Å². The van der Waals surface area contributed by atoms with E-state index in [0.29, 0.717) is 0 Å². The van der Waals surface area contributed by atoms with Gasteiger partial charge in [0.2, 0.25) is 0 Å². The molecule has 0 saturated carbocycles. The van der Waals surface area contributed by atoms with E-state index in [9.17, 15) is 0 Å². The first-order chi connectivity index (χ1) is 5.97. The van der Waals surface area contributed by atoms with E-state index in [-0.39, 0.29) is 0 Å². The van der Waals surface area contributed by atoms with E-state index in [1.807, 2.05) is 32.9 Å². The predicted molar refractivity (Wildman–Crippen MR) is 57.2 cm³/mol. The van der Waals surface area contributed by atoms with Crippen molar-refractivity contribution in [1.29, 1.82) is 0 Å². The molecule has 0 heterocycles. The van der Waals surface area contributed by atoms with E-state index in [1.165, 1.54) is 5.56 Å². The Labute approximate surface area is 87.2 Å². The molecule has 0 atom stereocenters. The average molecular weight is 244 g/mol. The lowest BCUT2D eigenvalue weighted by molar-refractivity contribution is -0.0241. The van der Waals surface area contributed by atoms with Crippen LogP contribution in [0.2, 0.25) is 0 Å². The maximum absolute atomic E-state index is 5.22. The van der Waals surface area contributed by atoms with Crippen LogP contribution in [0, 0.1) is 6.92 Å². The predicted octanol–water partition coefficient (Wildman–Crippen LogP) is 2.88. The van der Waals surface area contributed by atoms with E-state index in [1.54, 1.807) is 0 Å². The fourth-order valence-corrected chi connectivity index (χ4v) is 2.14. The zero-order valence-corrected chi connectivity index (χ0v) is 9.68. The molecule has 1 aromatic rings.